The van der Waals surface area contributed by atoms with E-state index in [0.717, 1.165) is 36.8 Å². The molecular weight excluding hydrogens is 282 g/mol. The van der Waals surface area contributed by atoms with Crippen LogP contribution in [0.4, 0.5) is 0 Å². The Morgan fingerprint density at radius 3 is 3.18 bits per heavy atom. The van der Waals surface area contributed by atoms with Crippen LogP contribution in [0.3, 0.4) is 0 Å². The molecule has 1 unspecified atom stereocenters. The van der Waals surface area contributed by atoms with Gasteiger partial charge in [-0.3, -0.25) is 4.79 Å². The molecule has 92 valence electrons. The van der Waals surface area contributed by atoms with Crippen molar-refractivity contribution in [2.24, 2.45) is 0 Å². The van der Waals surface area contributed by atoms with Crippen molar-refractivity contribution >= 4 is 21.8 Å². The Balaban J connectivity index is 1.98. The summed E-state index contributed by atoms with van der Waals surface area (Å²) in [6.07, 6.45) is 4.75. The SMILES string of the molecule is O=C(NC1CCCNCC1)c1ncccc1Br. The van der Waals surface area contributed by atoms with E-state index in [4.69, 9.17) is 0 Å². The predicted molar refractivity (Wildman–Crippen MR) is 69.9 cm³/mol. The first-order valence-corrected chi connectivity index (χ1v) is 6.69. The van der Waals surface area contributed by atoms with Gasteiger partial charge in [-0.15, -0.1) is 0 Å². The number of pyridine rings is 1. The number of aromatic nitrogens is 1. The number of hydrogen-bond donors (Lipinski definition) is 2. The molecule has 0 bridgehead atoms. The molecule has 0 saturated carbocycles. The molecule has 1 aliphatic rings. The summed E-state index contributed by atoms with van der Waals surface area (Å²) in [5.41, 5.74) is 0.463. The first-order valence-electron chi connectivity index (χ1n) is 5.89. The zero-order valence-corrected chi connectivity index (χ0v) is 11.2. The second kappa shape index (κ2) is 6.12. The molecule has 17 heavy (non-hydrogen) atoms. The van der Waals surface area contributed by atoms with Crippen LogP contribution in [0.5, 0.6) is 0 Å². The van der Waals surface area contributed by atoms with Gasteiger partial charge in [-0.2, -0.15) is 0 Å². The summed E-state index contributed by atoms with van der Waals surface area (Å²) in [6.45, 7) is 2.01. The Kier molecular flexibility index (Phi) is 4.50. The highest BCUT2D eigenvalue weighted by atomic mass is 79.9. The Labute approximate surface area is 109 Å². The van der Waals surface area contributed by atoms with E-state index in [0.29, 0.717) is 5.69 Å². The number of rotatable bonds is 2. The molecule has 2 heterocycles. The molecule has 1 atom stereocenters. The molecule has 5 heteroatoms. The Morgan fingerprint density at radius 1 is 1.47 bits per heavy atom. The number of nitrogens with one attached hydrogen (secondary N) is 2. The summed E-state index contributed by atoms with van der Waals surface area (Å²) >= 11 is 3.34. The van der Waals surface area contributed by atoms with Gasteiger partial charge in [0.15, 0.2) is 0 Å². The van der Waals surface area contributed by atoms with Gasteiger partial charge in [0.1, 0.15) is 5.69 Å². The van der Waals surface area contributed by atoms with E-state index in [9.17, 15) is 4.79 Å². The zero-order chi connectivity index (χ0) is 12.1. The fourth-order valence-electron chi connectivity index (χ4n) is 1.97. The molecule has 0 spiro atoms. The van der Waals surface area contributed by atoms with Crippen molar-refractivity contribution in [2.45, 2.75) is 25.3 Å². The molecule has 1 aromatic rings. The van der Waals surface area contributed by atoms with Crippen LogP contribution in [-0.2, 0) is 0 Å². The van der Waals surface area contributed by atoms with Crippen molar-refractivity contribution in [2.75, 3.05) is 13.1 Å². The van der Waals surface area contributed by atoms with Crippen LogP contribution < -0.4 is 10.6 Å². The summed E-state index contributed by atoms with van der Waals surface area (Å²) < 4.78 is 0.740. The van der Waals surface area contributed by atoms with Crippen LogP contribution in [0.15, 0.2) is 22.8 Å². The third-order valence-corrected chi connectivity index (χ3v) is 3.52. The fraction of sp³-hybridized carbons (Fsp3) is 0.500. The second-order valence-corrected chi connectivity index (χ2v) is 5.04. The summed E-state index contributed by atoms with van der Waals surface area (Å²) in [7, 11) is 0. The minimum atomic E-state index is -0.0932. The lowest BCUT2D eigenvalue weighted by atomic mass is 10.1. The summed E-state index contributed by atoms with van der Waals surface area (Å²) in [5.74, 6) is -0.0932. The highest BCUT2D eigenvalue weighted by Crippen LogP contribution is 2.14. The molecule has 0 radical (unpaired) electrons. The standard InChI is InChI=1S/C12H16BrN3O/c13-10-4-2-7-15-11(10)12(17)16-9-3-1-6-14-8-5-9/h2,4,7,9,14H,1,3,5-6,8H2,(H,16,17). The van der Waals surface area contributed by atoms with Crippen LogP contribution in [0.25, 0.3) is 0 Å². The van der Waals surface area contributed by atoms with E-state index < -0.39 is 0 Å². The van der Waals surface area contributed by atoms with Gasteiger partial charge >= 0.3 is 0 Å². The maximum Gasteiger partial charge on any atom is 0.271 e. The number of nitrogens with zero attached hydrogens (tertiary/aromatic N) is 1. The van der Waals surface area contributed by atoms with Gasteiger partial charge in [0.2, 0.25) is 0 Å². The lowest BCUT2D eigenvalue weighted by molar-refractivity contribution is 0.0928. The number of halogens is 1. The minimum absolute atomic E-state index is 0.0932. The van der Waals surface area contributed by atoms with E-state index >= 15 is 0 Å². The Hall–Kier alpha value is -0.940. The van der Waals surface area contributed by atoms with Gasteiger partial charge < -0.3 is 10.6 Å². The van der Waals surface area contributed by atoms with E-state index in [1.807, 2.05) is 6.07 Å². The molecule has 1 amide bonds. The van der Waals surface area contributed by atoms with Crippen molar-refractivity contribution in [3.63, 3.8) is 0 Å². The normalized spacial score (nSPS) is 20.6. The van der Waals surface area contributed by atoms with E-state index in [-0.39, 0.29) is 11.9 Å². The molecular formula is C12H16BrN3O. The maximum atomic E-state index is 12.0. The Bertz CT molecular complexity index is 389. The number of hydrogen-bond acceptors (Lipinski definition) is 3. The van der Waals surface area contributed by atoms with Crippen LogP contribution in [-0.4, -0.2) is 30.0 Å². The van der Waals surface area contributed by atoms with Crippen LogP contribution >= 0.6 is 15.9 Å². The van der Waals surface area contributed by atoms with Gasteiger partial charge in [-0.05, 0) is 60.4 Å². The third-order valence-electron chi connectivity index (χ3n) is 2.88. The molecule has 0 aliphatic carbocycles. The average Bonchev–Trinajstić information content (AvgIpc) is 2.58. The fourth-order valence-corrected chi connectivity index (χ4v) is 2.41. The molecule has 0 aromatic carbocycles. The van der Waals surface area contributed by atoms with Crippen molar-refractivity contribution in [3.8, 4) is 0 Å². The van der Waals surface area contributed by atoms with Crippen molar-refractivity contribution in [1.82, 2.24) is 15.6 Å². The van der Waals surface area contributed by atoms with E-state index in [2.05, 4.69) is 31.5 Å². The van der Waals surface area contributed by atoms with Crippen LogP contribution in [0.2, 0.25) is 0 Å². The maximum absolute atomic E-state index is 12.0. The average molecular weight is 298 g/mol. The van der Waals surface area contributed by atoms with Gasteiger partial charge in [-0.1, -0.05) is 0 Å². The molecule has 4 nitrogen and oxygen atoms in total. The van der Waals surface area contributed by atoms with Crippen molar-refractivity contribution in [3.05, 3.63) is 28.5 Å². The molecule has 1 aliphatic heterocycles. The quantitative estimate of drug-likeness (QED) is 0.874. The summed E-state index contributed by atoms with van der Waals surface area (Å²) in [4.78, 5) is 16.1. The molecule has 1 fully saturated rings. The van der Waals surface area contributed by atoms with Crippen molar-refractivity contribution < 1.29 is 4.79 Å². The van der Waals surface area contributed by atoms with Crippen LogP contribution in [0.1, 0.15) is 29.8 Å². The highest BCUT2D eigenvalue weighted by molar-refractivity contribution is 9.10. The molecule has 1 aromatic heterocycles. The van der Waals surface area contributed by atoms with E-state index in [1.165, 1.54) is 0 Å². The zero-order valence-electron chi connectivity index (χ0n) is 9.58. The smallest absolute Gasteiger partial charge is 0.271 e. The topological polar surface area (TPSA) is 54.0 Å². The predicted octanol–water partition coefficient (Wildman–Crippen LogP) is 1.72. The third kappa shape index (κ3) is 3.51. The highest BCUT2D eigenvalue weighted by Gasteiger charge is 2.17. The van der Waals surface area contributed by atoms with Gasteiger partial charge in [-0.25, -0.2) is 4.98 Å². The van der Waals surface area contributed by atoms with Gasteiger partial charge in [0.25, 0.3) is 5.91 Å². The lowest BCUT2D eigenvalue weighted by Crippen LogP contribution is -2.36. The number of amides is 1. The monoisotopic (exact) mass is 297 g/mol. The second-order valence-electron chi connectivity index (χ2n) is 4.19. The van der Waals surface area contributed by atoms with Gasteiger partial charge in [0, 0.05) is 16.7 Å². The number of carbonyl (C=O) groups excluding carboxylic acids is 1. The first kappa shape index (κ1) is 12.5. The molecule has 2 rings (SSSR count). The lowest BCUT2D eigenvalue weighted by Gasteiger charge is -2.15. The summed E-state index contributed by atoms with van der Waals surface area (Å²) in [6, 6.07) is 3.89. The molecule has 2 N–H and O–H groups in total. The largest absolute Gasteiger partial charge is 0.348 e. The molecule has 1 saturated heterocycles. The number of carbonyl (C=O) groups is 1. The van der Waals surface area contributed by atoms with Crippen molar-refractivity contribution in [1.29, 1.82) is 0 Å². The summed E-state index contributed by atoms with van der Waals surface area (Å²) in [5, 5.41) is 6.37. The van der Waals surface area contributed by atoms with E-state index in [1.54, 1.807) is 12.3 Å². The minimum Gasteiger partial charge on any atom is -0.348 e. The Morgan fingerprint density at radius 2 is 2.35 bits per heavy atom. The van der Waals surface area contributed by atoms with Gasteiger partial charge in [0.05, 0.1) is 0 Å². The first-order chi connectivity index (χ1) is 8.27. The van der Waals surface area contributed by atoms with Crippen LogP contribution in [0, 0.1) is 0 Å².